The molecule has 1 saturated heterocycles. The minimum Gasteiger partial charge on any atom is -0.273 e. The van der Waals surface area contributed by atoms with E-state index < -0.39 is 30.8 Å². The lowest BCUT2D eigenvalue weighted by molar-refractivity contribution is -0.161. The molecule has 6 nitrogen and oxygen atoms in total. The van der Waals surface area contributed by atoms with Gasteiger partial charge in [-0.1, -0.05) is 11.6 Å². The number of aryl methyl sites for hydroxylation is 2. The van der Waals surface area contributed by atoms with Crippen LogP contribution in [0.5, 0.6) is 0 Å². The Morgan fingerprint density at radius 3 is 2.48 bits per heavy atom. The van der Waals surface area contributed by atoms with Crippen molar-refractivity contribution in [3.8, 4) is 0 Å². The first-order valence-corrected chi connectivity index (χ1v) is 8.03. The van der Waals surface area contributed by atoms with Crippen LogP contribution in [0.2, 0.25) is 5.15 Å². The maximum atomic E-state index is 12.3. The number of amides is 2. The highest BCUT2D eigenvalue weighted by Crippen LogP contribution is 2.24. The third-order valence-electron chi connectivity index (χ3n) is 3.78. The number of hydrogen-bond acceptors (Lipinski definition) is 3. The molecule has 0 aromatic carbocycles. The molecule has 0 N–H and O–H groups in total. The first-order chi connectivity index (χ1) is 11.6. The van der Waals surface area contributed by atoms with Gasteiger partial charge in [0, 0.05) is 38.2 Å². The van der Waals surface area contributed by atoms with Crippen LogP contribution in [0.3, 0.4) is 0 Å². The van der Waals surface area contributed by atoms with E-state index >= 15 is 0 Å². The normalized spacial score (nSPS) is 15.4. The van der Waals surface area contributed by atoms with Crippen molar-refractivity contribution in [2.24, 2.45) is 7.05 Å². The van der Waals surface area contributed by atoms with Gasteiger partial charge in [-0.3, -0.25) is 19.3 Å². The molecule has 0 bridgehead atoms. The molecule has 1 aromatic rings. The monoisotopic (exact) mass is 378 g/mol. The molecule has 138 valence electrons. The Labute approximate surface area is 147 Å². The number of alkyl halides is 3. The molecule has 0 aliphatic carbocycles. The van der Waals surface area contributed by atoms with Crippen molar-refractivity contribution < 1.29 is 22.8 Å². The highest BCUT2D eigenvalue weighted by molar-refractivity contribution is 6.31. The van der Waals surface area contributed by atoms with Gasteiger partial charge in [-0.25, -0.2) is 5.01 Å². The summed E-state index contributed by atoms with van der Waals surface area (Å²) in [6.45, 7) is 2.24. The average molecular weight is 379 g/mol. The largest absolute Gasteiger partial charge is 0.389 e. The lowest BCUT2D eigenvalue weighted by Crippen LogP contribution is -2.44. The van der Waals surface area contributed by atoms with Crippen molar-refractivity contribution in [3.63, 3.8) is 0 Å². The fourth-order valence-electron chi connectivity index (χ4n) is 2.55. The van der Waals surface area contributed by atoms with Gasteiger partial charge < -0.3 is 0 Å². The van der Waals surface area contributed by atoms with Crippen molar-refractivity contribution in [2.45, 2.75) is 32.4 Å². The number of hydrazine groups is 1. The summed E-state index contributed by atoms with van der Waals surface area (Å²) in [6.07, 6.45) is -3.03. The van der Waals surface area contributed by atoms with Crippen LogP contribution >= 0.6 is 11.6 Å². The zero-order valence-electron chi connectivity index (χ0n) is 13.8. The van der Waals surface area contributed by atoms with Crippen LogP contribution in [-0.2, 0) is 16.6 Å². The molecule has 1 fully saturated rings. The molecule has 0 atom stereocenters. The fraction of sp³-hybridized carbons (Fsp3) is 0.533. The number of carbonyl (C=O) groups excluding carboxylic acids is 2. The van der Waals surface area contributed by atoms with E-state index in [1.54, 1.807) is 14.0 Å². The molecule has 2 rings (SSSR count). The van der Waals surface area contributed by atoms with Crippen molar-refractivity contribution >= 4 is 29.5 Å². The lowest BCUT2D eigenvalue weighted by atomic mass is 10.2. The molecule has 0 radical (unpaired) electrons. The molecule has 1 aliphatic heterocycles. The van der Waals surface area contributed by atoms with E-state index in [1.165, 1.54) is 16.8 Å². The predicted molar refractivity (Wildman–Crippen MR) is 85.3 cm³/mol. The molecule has 2 heterocycles. The fourth-order valence-corrected chi connectivity index (χ4v) is 2.79. The summed E-state index contributed by atoms with van der Waals surface area (Å²) >= 11 is 6.07. The second-order valence-corrected chi connectivity index (χ2v) is 6.05. The summed E-state index contributed by atoms with van der Waals surface area (Å²) in [7, 11) is 1.66. The Kier molecular flexibility index (Phi) is 5.76. The van der Waals surface area contributed by atoms with E-state index in [0.717, 1.165) is 10.0 Å². The van der Waals surface area contributed by atoms with E-state index in [0.29, 0.717) is 22.8 Å². The number of rotatable bonds is 4. The van der Waals surface area contributed by atoms with Gasteiger partial charge in [0.1, 0.15) is 5.15 Å². The van der Waals surface area contributed by atoms with Crippen LogP contribution in [0.4, 0.5) is 13.2 Å². The number of carbonyl (C=O) groups is 2. The number of halogens is 4. The Hall–Kier alpha value is -2.03. The van der Waals surface area contributed by atoms with Crippen LogP contribution in [0.25, 0.3) is 6.08 Å². The van der Waals surface area contributed by atoms with Crippen LogP contribution in [0.15, 0.2) is 6.08 Å². The zero-order chi connectivity index (χ0) is 18.8. The second-order valence-electron chi connectivity index (χ2n) is 5.69. The average Bonchev–Trinajstić information content (AvgIpc) is 3.09. The van der Waals surface area contributed by atoms with Crippen molar-refractivity contribution in [1.29, 1.82) is 0 Å². The molecule has 10 heteroatoms. The molecular formula is C15H18ClF3N4O2. The second kappa shape index (κ2) is 7.47. The van der Waals surface area contributed by atoms with Gasteiger partial charge in [-0.15, -0.1) is 0 Å². The van der Waals surface area contributed by atoms with Crippen LogP contribution in [0, 0.1) is 6.92 Å². The first kappa shape index (κ1) is 19.3. The minimum absolute atomic E-state index is 0.225. The summed E-state index contributed by atoms with van der Waals surface area (Å²) in [5.41, 5.74) is 1.21. The molecule has 2 amide bonds. The highest BCUT2D eigenvalue weighted by Gasteiger charge is 2.33. The van der Waals surface area contributed by atoms with Gasteiger partial charge in [0.25, 0.3) is 5.91 Å². The Balaban J connectivity index is 2.05. The highest BCUT2D eigenvalue weighted by atomic mass is 35.5. The standard InChI is InChI=1S/C15H18ClF3N4O2/c1-10-11(14(16)21(2)20-10)4-5-12(24)22-8-3-9-23(22)13(25)6-7-15(17,18)19/h4-5H,3,6-9H2,1-2H3/b5-4+. The van der Waals surface area contributed by atoms with E-state index in [2.05, 4.69) is 5.10 Å². The van der Waals surface area contributed by atoms with E-state index in [9.17, 15) is 22.8 Å². The van der Waals surface area contributed by atoms with Crippen LogP contribution in [-0.4, -0.2) is 50.9 Å². The van der Waals surface area contributed by atoms with Crippen molar-refractivity contribution in [2.75, 3.05) is 13.1 Å². The maximum Gasteiger partial charge on any atom is 0.389 e. The van der Waals surface area contributed by atoms with Gasteiger partial charge in [0.15, 0.2) is 0 Å². The smallest absolute Gasteiger partial charge is 0.273 e. The van der Waals surface area contributed by atoms with Crippen molar-refractivity contribution in [3.05, 3.63) is 22.5 Å². The third-order valence-corrected chi connectivity index (χ3v) is 4.23. The molecule has 1 aliphatic rings. The Bertz CT molecular complexity index is 700. The molecule has 0 unspecified atom stereocenters. The predicted octanol–water partition coefficient (Wildman–Crippen LogP) is 2.71. The maximum absolute atomic E-state index is 12.3. The summed E-state index contributed by atoms with van der Waals surface area (Å²) in [4.78, 5) is 24.3. The van der Waals surface area contributed by atoms with Crippen molar-refractivity contribution in [1.82, 2.24) is 19.8 Å². The quantitative estimate of drug-likeness (QED) is 0.757. The SMILES string of the molecule is Cc1nn(C)c(Cl)c1/C=C/C(=O)N1CCCN1C(=O)CCC(F)(F)F. The molecule has 0 saturated carbocycles. The lowest BCUT2D eigenvalue weighted by Gasteiger charge is -2.27. The van der Waals surface area contributed by atoms with Gasteiger partial charge in [-0.05, 0) is 19.4 Å². The molecule has 25 heavy (non-hydrogen) atoms. The van der Waals surface area contributed by atoms with Crippen LogP contribution in [0.1, 0.15) is 30.5 Å². The summed E-state index contributed by atoms with van der Waals surface area (Å²) in [5.74, 6) is -1.20. The summed E-state index contributed by atoms with van der Waals surface area (Å²) in [6, 6.07) is 0. The van der Waals surface area contributed by atoms with E-state index in [-0.39, 0.29) is 13.1 Å². The minimum atomic E-state index is -4.40. The molecular weight excluding hydrogens is 361 g/mol. The van der Waals surface area contributed by atoms with Gasteiger partial charge in [-0.2, -0.15) is 18.3 Å². The number of hydrogen-bond donors (Lipinski definition) is 0. The van der Waals surface area contributed by atoms with E-state index in [1.807, 2.05) is 0 Å². The van der Waals surface area contributed by atoms with Crippen LogP contribution < -0.4 is 0 Å². The molecule has 0 spiro atoms. The topological polar surface area (TPSA) is 58.4 Å². The summed E-state index contributed by atoms with van der Waals surface area (Å²) < 4.78 is 38.2. The van der Waals surface area contributed by atoms with Gasteiger partial charge in [0.05, 0.1) is 12.1 Å². The Morgan fingerprint density at radius 1 is 1.28 bits per heavy atom. The van der Waals surface area contributed by atoms with Gasteiger partial charge >= 0.3 is 6.18 Å². The zero-order valence-corrected chi connectivity index (χ0v) is 14.6. The number of nitrogens with zero attached hydrogens (tertiary/aromatic N) is 4. The van der Waals surface area contributed by atoms with E-state index in [4.69, 9.17) is 11.6 Å². The Morgan fingerprint density at radius 2 is 1.92 bits per heavy atom. The number of aromatic nitrogens is 2. The molecule has 1 aromatic heterocycles. The summed E-state index contributed by atoms with van der Waals surface area (Å²) in [5, 5.41) is 6.72. The third kappa shape index (κ3) is 4.75. The first-order valence-electron chi connectivity index (χ1n) is 7.66. The van der Waals surface area contributed by atoms with Gasteiger partial charge in [0.2, 0.25) is 5.91 Å².